The Morgan fingerprint density at radius 2 is 1.23 bits per heavy atom. The smallest absolute Gasteiger partial charge is 0.295 e. The number of halogens is 6. The van der Waals surface area contributed by atoms with Crippen LogP contribution in [-0.4, -0.2) is 26.6 Å². The summed E-state index contributed by atoms with van der Waals surface area (Å²) < 4.78 is 29.5. The first kappa shape index (κ1) is 23.1. The van der Waals surface area contributed by atoms with Crippen molar-refractivity contribution >= 4 is 87.0 Å². The van der Waals surface area contributed by atoms with E-state index in [1.807, 2.05) is 0 Å². The zero-order chi connectivity index (χ0) is 22.0. The first-order valence-corrected chi connectivity index (χ1v) is 11.4. The zero-order valence-corrected chi connectivity index (χ0v) is 21.1. The fourth-order valence-corrected chi connectivity index (χ4v) is 5.58. The minimum absolute atomic E-state index is 0.0502. The van der Waals surface area contributed by atoms with Crippen molar-refractivity contribution in [3.05, 3.63) is 94.9 Å². The van der Waals surface area contributed by atoms with Crippen molar-refractivity contribution in [3.63, 3.8) is 0 Å². The highest BCUT2D eigenvalue weighted by atomic mass is 79.9. The third-order valence-electron chi connectivity index (χ3n) is 3.93. The molecule has 1 N–H and O–H groups in total. The summed E-state index contributed by atoms with van der Waals surface area (Å²) in [6, 6.07) is 13.3. The van der Waals surface area contributed by atoms with E-state index in [1.165, 1.54) is 18.3 Å². The van der Waals surface area contributed by atoms with Crippen molar-refractivity contribution in [1.29, 1.82) is 0 Å². The van der Waals surface area contributed by atoms with Crippen LogP contribution in [-0.2, 0) is 0 Å². The van der Waals surface area contributed by atoms with Gasteiger partial charge in [-0.2, -0.15) is 4.74 Å². The predicted molar refractivity (Wildman–Crippen MR) is 125 cm³/mol. The maximum atomic E-state index is 13.7. The van der Waals surface area contributed by atoms with E-state index in [4.69, 9.17) is 0 Å². The molecule has 0 fully saturated rings. The molecule has 10 heteroatoms. The molecule has 0 unspecified atom stereocenters. The molecule has 0 radical (unpaired) electrons. The molecule has 30 heavy (non-hydrogen) atoms. The van der Waals surface area contributed by atoms with Crippen LogP contribution in [0, 0.1) is 16.8 Å². The lowest BCUT2D eigenvalue weighted by Gasteiger charge is -2.10. The minimum Gasteiger partial charge on any atom is -0.618 e. The van der Waals surface area contributed by atoms with Crippen LogP contribution in [0.5, 0.6) is 0 Å². The highest BCUT2D eigenvalue weighted by Crippen LogP contribution is 2.35. The van der Waals surface area contributed by atoms with Gasteiger partial charge in [0, 0.05) is 4.74 Å². The maximum absolute atomic E-state index is 13.7. The second-order valence-electron chi connectivity index (χ2n) is 5.96. The summed E-state index contributed by atoms with van der Waals surface area (Å²) >= 11 is 12.8. The summed E-state index contributed by atoms with van der Waals surface area (Å²) in [5, 5.41) is 24.0. The van der Waals surface area contributed by atoms with E-state index in [2.05, 4.69) is 63.7 Å². The number of rotatable bonds is 4. The molecular weight excluding hydrogens is 658 g/mol. The average Bonchev–Trinajstić information content (AvgIpc) is 2.65. The SMILES string of the molecule is [O-][N+](=C(C=[N+](O)c1c(Br)cc(F)cc1Br)c1ccccc1)c1c(Br)cc(F)cc1Br. The van der Waals surface area contributed by atoms with E-state index in [1.54, 1.807) is 30.3 Å². The molecule has 0 saturated heterocycles. The van der Waals surface area contributed by atoms with Gasteiger partial charge in [0.2, 0.25) is 5.69 Å². The molecule has 0 amide bonds. The molecule has 0 bridgehead atoms. The Morgan fingerprint density at radius 3 is 1.70 bits per heavy atom. The zero-order valence-electron chi connectivity index (χ0n) is 14.8. The summed E-state index contributed by atoms with van der Waals surface area (Å²) in [5.74, 6) is -1.04. The van der Waals surface area contributed by atoms with Gasteiger partial charge in [-0.15, -0.1) is 0 Å². The van der Waals surface area contributed by atoms with E-state index in [0.29, 0.717) is 15.0 Å². The van der Waals surface area contributed by atoms with Crippen LogP contribution in [0.1, 0.15) is 5.56 Å². The quantitative estimate of drug-likeness (QED) is 0.103. The van der Waals surface area contributed by atoms with Crippen molar-refractivity contribution in [2.24, 2.45) is 0 Å². The van der Waals surface area contributed by atoms with E-state index in [9.17, 15) is 19.2 Å². The van der Waals surface area contributed by atoms with Gasteiger partial charge in [-0.05, 0) is 100 Å². The molecule has 154 valence electrons. The third-order valence-corrected chi connectivity index (χ3v) is 6.35. The topological polar surface area (TPSA) is 49.3 Å². The van der Waals surface area contributed by atoms with Gasteiger partial charge in [0.05, 0.1) is 23.5 Å². The molecule has 0 spiro atoms. The molecule has 0 saturated carbocycles. The molecule has 0 aliphatic heterocycles. The van der Waals surface area contributed by atoms with Crippen LogP contribution in [0.3, 0.4) is 0 Å². The van der Waals surface area contributed by atoms with Crippen molar-refractivity contribution in [2.75, 3.05) is 0 Å². The van der Waals surface area contributed by atoms with Crippen molar-refractivity contribution in [1.82, 2.24) is 0 Å². The van der Waals surface area contributed by atoms with Gasteiger partial charge in [0.15, 0.2) is 0 Å². The standard InChI is InChI=1S/C20H11Br4F2N2O2/c21-14-6-12(25)7-15(22)19(14)27(29)10-18(11-4-2-1-3-5-11)28(30)20-16(23)8-13(26)9-17(20)24/h1-10,29H/q+1. The fraction of sp³-hybridized carbons (Fsp3) is 0. The summed E-state index contributed by atoms with van der Waals surface area (Å²) in [5.41, 5.74) is 0.839. The number of nitrogens with zero attached hydrogens (tertiary/aromatic N) is 2. The van der Waals surface area contributed by atoms with Crippen molar-refractivity contribution in [2.45, 2.75) is 0 Å². The summed E-state index contributed by atoms with van der Waals surface area (Å²) in [6.07, 6.45) is 1.19. The lowest BCUT2D eigenvalue weighted by molar-refractivity contribution is -0.709. The molecule has 0 atom stereocenters. The molecule has 4 nitrogen and oxygen atoms in total. The molecule has 3 aromatic rings. The van der Waals surface area contributed by atoms with E-state index >= 15 is 0 Å². The van der Waals surface area contributed by atoms with Gasteiger partial charge < -0.3 is 5.21 Å². The molecular formula is C20H11Br4F2N2O2+. The molecule has 0 heterocycles. The Morgan fingerprint density at radius 1 is 0.800 bits per heavy atom. The predicted octanol–water partition coefficient (Wildman–Crippen LogP) is 7.45. The van der Waals surface area contributed by atoms with Crippen LogP contribution in [0.2, 0.25) is 0 Å². The van der Waals surface area contributed by atoms with Crippen LogP contribution < -0.4 is 0 Å². The van der Waals surface area contributed by atoms with E-state index < -0.39 is 11.6 Å². The lowest BCUT2D eigenvalue weighted by Crippen LogP contribution is -2.20. The molecule has 3 rings (SSSR count). The Balaban J connectivity index is 2.28. The van der Waals surface area contributed by atoms with Crippen LogP contribution in [0.15, 0.2) is 72.5 Å². The first-order valence-electron chi connectivity index (χ1n) is 8.20. The number of benzene rings is 3. The van der Waals surface area contributed by atoms with Gasteiger partial charge in [-0.3, -0.25) is 5.21 Å². The summed E-state index contributed by atoms with van der Waals surface area (Å²) in [4.78, 5) is 0. The summed E-state index contributed by atoms with van der Waals surface area (Å²) in [7, 11) is 0. The molecule has 0 aromatic heterocycles. The fourth-order valence-electron chi connectivity index (χ4n) is 2.64. The van der Waals surface area contributed by atoms with Crippen LogP contribution in [0.25, 0.3) is 0 Å². The highest BCUT2D eigenvalue weighted by Gasteiger charge is 2.27. The van der Waals surface area contributed by atoms with Gasteiger partial charge in [0.25, 0.3) is 17.6 Å². The summed E-state index contributed by atoms with van der Waals surface area (Å²) in [6.45, 7) is 0. The van der Waals surface area contributed by atoms with Gasteiger partial charge in [-0.1, -0.05) is 18.2 Å². The monoisotopic (exact) mass is 665 g/mol. The normalized spacial score (nSPS) is 12.7. The largest absolute Gasteiger partial charge is 0.618 e. The van der Waals surface area contributed by atoms with Gasteiger partial charge in [0.1, 0.15) is 11.6 Å². The second-order valence-corrected chi connectivity index (χ2v) is 9.37. The van der Waals surface area contributed by atoms with Crippen molar-refractivity contribution < 1.29 is 23.5 Å². The number of hydrogen-bond donors (Lipinski definition) is 1. The average molecular weight is 669 g/mol. The Kier molecular flexibility index (Phi) is 7.43. The Labute approximate surface area is 204 Å². The molecule has 3 aromatic carbocycles. The lowest BCUT2D eigenvalue weighted by atomic mass is 10.1. The Bertz CT molecular complexity index is 1140. The third kappa shape index (κ3) is 4.99. The van der Waals surface area contributed by atoms with E-state index in [0.717, 1.165) is 12.1 Å². The first-order chi connectivity index (χ1) is 14.2. The van der Waals surface area contributed by atoms with E-state index in [-0.39, 0.29) is 35.0 Å². The maximum Gasteiger partial charge on any atom is 0.295 e. The van der Waals surface area contributed by atoms with Gasteiger partial charge >= 0.3 is 0 Å². The Hall–Kier alpha value is -1.62. The number of hydrogen-bond acceptors (Lipinski definition) is 2. The minimum atomic E-state index is -0.529. The highest BCUT2D eigenvalue weighted by molar-refractivity contribution is 9.11. The van der Waals surface area contributed by atoms with Crippen LogP contribution >= 0.6 is 63.7 Å². The van der Waals surface area contributed by atoms with Crippen molar-refractivity contribution in [3.8, 4) is 0 Å². The molecule has 0 aliphatic carbocycles. The second kappa shape index (κ2) is 9.67. The molecule has 0 aliphatic rings. The van der Waals surface area contributed by atoms with Crippen LogP contribution in [0.4, 0.5) is 20.2 Å². The van der Waals surface area contributed by atoms with Gasteiger partial charge in [-0.25, -0.2) is 8.78 Å².